The molecule has 1 saturated heterocycles. The Bertz CT molecular complexity index is 1010. The van der Waals surface area contributed by atoms with Gasteiger partial charge in [-0.25, -0.2) is 4.39 Å². The highest BCUT2D eigenvalue weighted by molar-refractivity contribution is 5.98. The number of benzene rings is 2. The van der Waals surface area contributed by atoms with Crippen molar-refractivity contribution in [2.24, 2.45) is 0 Å². The number of amides is 2. The van der Waals surface area contributed by atoms with Gasteiger partial charge in [-0.3, -0.25) is 19.7 Å². The lowest BCUT2D eigenvalue weighted by atomic mass is 10.1. The van der Waals surface area contributed by atoms with E-state index >= 15 is 0 Å². The normalized spacial score (nSPS) is 15.5. The minimum absolute atomic E-state index is 0.0439. The molecule has 0 aromatic heterocycles. The van der Waals surface area contributed by atoms with Crippen LogP contribution in [0.4, 0.5) is 15.8 Å². The fourth-order valence-electron chi connectivity index (χ4n) is 3.97. The second kappa shape index (κ2) is 10.2. The molecule has 1 atom stereocenters. The summed E-state index contributed by atoms with van der Waals surface area (Å²) in [6.07, 6.45) is 1.91. The number of likely N-dealkylation sites (tertiary alicyclic amines) is 1. The van der Waals surface area contributed by atoms with Gasteiger partial charge in [0.05, 0.1) is 10.6 Å². The van der Waals surface area contributed by atoms with Crippen LogP contribution in [0, 0.1) is 22.9 Å². The Labute approximate surface area is 186 Å². The summed E-state index contributed by atoms with van der Waals surface area (Å²) in [6, 6.07) is 10.2. The molecule has 0 aliphatic carbocycles. The minimum Gasteiger partial charge on any atom is -0.372 e. The minimum atomic E-state index is -0.567. The standard InChI is InChI=1S/C23H27FN4O4/c1-16-15-17(10-11-19(16)28(31)32)23(30)27-14-5-9-21(27)22(29)25-12-6-13-26(2)20-8-4-3-7-18(20)24/h3-4,7-8,10-11,15,21H,5-6,9,12-14H2,1-2H3,(H,25,29). The summed E-state index contributed by atoms with van der Waals surface area (Å²) in [6.45, 7) is 3.02. The molecule has 1 aliphatic heterocycles. The lowest BCUT2D eigenvalue weighted by molar-refractivity contribution is -0.385. The summed E-state index contributed by atoms with van der Waals surface area (Å²) in [5.74, 6) is -0.816. The quantitative estimate of drug-likeness (QED) is 0.385. The zero-order chi connectivity index (χ0) is 23.3. The highest BCUT2D eigenvalue weighted by Gasteiger charge is 2.34. The van der Waals surface area contributed by atoms with Crippen LogP contribution in [-0.4, -0.2) is 54.4 Å². The fraction of sp³-hybridized carbons (Fsp3) is 0.391. The fourth-order valence-corrected chi connectivity index (χ4v) is 3.97. The molecule has 0 spiro atoms. The Morgan fingerprint density at radius 2 is 2.03 bits per heavy atom. The molecule has 8 nitrogen and oxygen atoms in total. The monoisotopic (exact) mass is 442 g/mol. The van der Waals surface area contributed by atoms with Gasteiger partial charge in [0.15, 0.2) is 0 Å². The van der Waals surface area contributed by atoms with Crippen LogP contribution in [0.5, 0.6) is 0 Å². The number of nitro benzene ring substituents is 1. The lowest BCUT2D eigenvalue weighted by Gasteiger charge is -2.24. The second-order valence-corrected chi connectivity index (χ2v) is 7.93. The van der Waals surface area contributed by atoms with Crippen molar-refractivity contribution in [3.63, 3.8) is 0 Å². The number of carbonyl (C=O) groups is 2. The molecular weight excluding hydrogens is 415 g/mol. The van der Waals surface area contributed by atoms with Gasteiger partial charge in [-0.2, -0.15) is 0 Å². The van der Waals surface area contributed by atoms with Gasteiger partial charge < -0.3 is 15.1 Å². The van der Waals surface area contributed by atoms with Gasteiger partial charge in [0.1, 0.15) is 11.9 Å². The first-order valence-electron chi connectivity index (χ1n) is 10.6. The van der Waals surface area contributed by atoms with Crippen molar-refractivity contribution in [1.29, 1.82) is 0 Å². The summed E-state index contributed by atoms with van der Waals surface area (Å²) in [7, 11) is 1.80. The van der Waals surface area contributed by atoms with Crippen LogP contribution in [0.2, 0.25) is 0 Å². The van der Waals surface area contributed by atoms with E-state index in [4.69, 9.17) is 0 Å². The zero-order valence-electron chi connectivity index (χ0n) is 18.2. The average molecular weight is 442 g/mol. The molecule has 1 aliphatic rings. The van der Waals surface area contributed by atoms with Crippen molar-refractivity contribution >= 4 is 23.2 Å². The molecule has 170 valence electrons. The van der Waals surface area contributed by atoms with Gasteiger partial charge in [0, 0.05) is 43.9 Å². The van der Waals surface area contributed by atoms with Crippen LogP contribution in [0.3, 0.4) is 0 Å². The van der Waals surface area contributed by atoms with E-state index in [9.17, 15) is 24.1 Å². The molecule has 2 aromatic carbocycles. The van der Waals surface area contributed by atoms with Crippen molar-refractivity contribution < 1.29 is 18.9 Å². The summed E-state index contributed by atoms with van der Waals surface area (Å²) < 4.78 is 13.8. The van der Waals surface area contributed by atoms with Crippen molar-refractivity contribution in [1.82, 2.24) is 10.2 Å². The first-order chi connectivity index (χ1) is 15.3. The molecule has 9 heteroatoms. The highest BCUT2D eigenvalue weighted by atomic mass is 19.1. The molecule has 2 amide bonds. The van der Waals surface area contributed by atoms with E-state index in [0.717, 1.165) is 0 Å². The van der Waals surface area contributed by atoms with E-state index in [-0.39, 0.29) is 23.3 Å². The topological polar surface area (TPSA) is 95.8 Å². The third kappa shape index (κ3) is 5.22. The van der Waals surface area contributed by atoms with Crippen molar-refractivity contribution in [2.75, 3.05) is 31.6 Å². The maximum absolute atomic E-state index is 13.8. The number of nitro groups is 1. The van der Waals surface area contributed by atoms with Gasteiger partial charge in [-0.1, -0.05) is 12.1 Å². The predicted octanol–water partition coefficient (Wildman–Crippen LogP) is 3.29. The van der Waals surface area contributed by atoms with E-state index < -0.39 is 11.0 Å². The van der Waals surface area contributed by atoms with Crippen LogP contribution in [0.15, 0.2) is 42.5 Å². The number of nitrogens with zero attached hydrogens (tertiary/aromatic N) is 3. The Morgan fingerprint density at radius 1 is 1.28 bits per heavy atom. The van der Waals surface area contributed by atoms with Crippen LogP contribution < -0.4 is 10.2 Å². The molecule has 2 aromatic rings. The Morgan fingerprint density at radius 3 is 2.72 bits per heavy atom. The number of nitrogens with one attached hydrogen (secondary N) is 1. The van der Waals surface area contributed by atoms with Crippen LogP contribution in [0.25, 0.3) is 0 Å². The number of hydrogen-bond acceptors (Lipinski definition) is 5. The number of carbonyl (C=O) groups excluding carboxylic acids is 2. The third-order valence-corrected chi connectivity index (χ3v) is 5.69. The van der Waals surface area contributed by atoms with Gasteiger partial charge >= 0.3 is 0 Å². The largest absolute Gasteiger partial charge is 0.372 e. The number of halogens is 1. The molecule has 0 radical (unpaired) electrons. The van der Waals surface area contributed by atoms with Crippen LogP contribution in [-0.2, 0) is 4.79 Å². The number of rotatable bonds is 8. The molecule has 0 saturated carbocycles. The van der Waals surface area contributed by atoms with E-state index in [0.29, 0.717) is 55.7 Å². The zero-order valence-corrected chi connectivity index (χ0v) is 18.2. The van der Waals surface area contributed by atoms with Crippen molar-refractivity contribution in [3.05, 3.63) is 69.5 Å². The highest BCUT2D eigenvalue weighted by Crippen LogP contribution is 2.24. The Kier molecular flexibility index (Phi) is 7.40. The summed E-state index contributed by atoms with van der Waals surface area (Å²) in [4.78, 5) is 39.5. The SMILES string of the molecule is Cc1cc(C(=O)N2CCCC2C(=O)NCCCN(C)c2ccccc2F)ccc1[N+](=O)[O-]. The maximum atomic E-state index is 13.8. The first-order valence-corrected chi connectivity index (χ1v) is 10.6. The molecule has 3 rings (SSSR count). The summed E-state index contributed by atoms with van der Waals surface area (Å²) >= 11 is 0. The van der Waals surface area contributed by atoms with Gasteiger partial charge in [-0.05, 0) is 50.5 Å². The number of para-hydroxylation sites is 1. The average Bonchev–Trinajstić information content (AvgIpc) is 3.26. The summed E-state index contributed by atoms with van der Waals surface area (Å²) in [5, 5.41) is 13.9. The Balaban J connectivity index is 1.54. The van der Waals surface area contributed by atoms with E-state index in [1.165, 1.54) is 29.2 Å². The van der Waals surface area contributed by atoms with E-state index in [2.05, 4.69) is 5.32 Å². The van der Waals surface area contributed by atoms with Gasteiger partial charge in [0.25, 0.3) is 11.6 Å². The van der Waals surface area contributed by atoms with Crippen LogP contribution in [0.1, 0.15) is 35.2 Å². The molecule has 1 heterocycles. The number of anilines is 1. The molecular formula is C23H27FN4O4. The third-order valence-electron chi connectivity index (χ3n) is 5.69. The summed E-state index contributed by atoms with van der Waals surface area (Å²) in [5.41, 5.74) is 1.20. The molecule has 1 unspecified atom stereocenters. The number of aryl methyl sites for hydroxylation is 1. The van der Waals surface area contributed by atoms with Crippen LogP contribution >= 0.6 is 0 Å². The first kappa shape index (κ1) is 23.2. The lowest BCUT2D eigenvalue weighted by Crippen LogP contribution is -2.46. The van der Waals surface area contributed by atoms with E-state index in [1.54, 1.807) is 37.1 Å². The van der Waals surface area contributed by atoms with Crippen molar-refractivity contribution in [3.8, 4) is 0 Å². The van der Waals surface area contributed by atoms with Crippen molar-refractivity contribution in [2.45, 2.75) is 32.2 Å². The molecule has 32 heavy (non-hydrogen) atoms. The number of hydrogen-bond donors (Lipinski definition) is 1. The molecule has 1 N–H and O–H groups in total. The molecule has 1 fully saturated rings. The van der Waals surface area contributed by atoms with Gasteiger partial charge in [-0.15, -0.1) is 0 Å². The van der Waals surface area contributed by atoms with Gasteiger partial charge in [0.2, 0.25) is 5.91 Å². The van der Waals surface area contributed by atoms with E-state index in [1.807, 2.05) is 0 Å². The second-order valence-electron chi connectivity index (χ2n) is 7.93. The maximum Gasteiger partial charge on any atom is 0.272 e. The Hall–Kier alpha value is -3.49. The smallest absolute Gasteiger partial charge is 0.272 e. The molecule has 0 bridgehead atoms. The predicted molar refractivity (Wildman–Crippen MR) is 119 cm³/mol.